The van der Waals surface area contributed by atoms with Crippen molar-refractivity contribution in [3.05, 3.63) is 11.8 Å². The first-order valence-electron chi connectivity index (χ1n) is 8.87. The Morgan fingerprint density at radius 1 is 1.54 bits per heavy atom. The molecule has 0 amide bonds. The fourth-order valence-electron chi connectivity index (χ4n) is 3.33. The van der Waals surface area contributed by atoms with Gasteiger partial charge in [-0.15, -0.1) is 6.42 Å². The van der Waals surface area contributed by atoms with Gasteiger partial charge in [0.25, 0.3) is 0 Å². The molecule has 1 fully saturated rings. The number of aliphatic hydroxyl groups is 1. The third-order valence-corrected chi connectivity index (χ3v) is 4.81. The lowest BCUT2D eigenvalue weighted by Crippen LogP contribution is -2.43. The van der Waals surface area contributed by atoms with Gasteiger partial charge in [-0.3, -0.25) is 4.99 Å². The van der Waals surface area contributed by atoms with Gasteiger partial charge in [0.1, 0.15) is 18.4 Å². The Labute approximate surface area is 161 Å². The summed E-state index contributed by atoms with van der Waals surface area (Å²) < 4.78 is 29.0. The summed E-state index contributed by atoms with van der Waals surface area (Å²) in [4.78, 5) is 23.0. The number of terminal acetylenes is 1. The number of hydrogen-bond donors (Lipinski definition) is 2. The maximum absolute atomic E-state index is 13.4. The standard InChI is InChI=1S/C18H21FN4O5/c1-3-18(9-27-17(25)26-4-2)13(24)7-12(28-18)10-5-6-11-14(21-8-10)15(20)23-16(19)22-11/h1,8,10,12-13,24H,4-7,9H2,2H3,(H2,20,22,23)/t10?,12-,13+,18-/m1/s1. The molecule has 2 aliphatic rings. The fourth-order valence-corrected chi connectivity index (χ4v) is 3.33. The van der Waals surface area contributed by atoms with Gasteiger partial charge in [-0.05, 0) is 19.8 Å². The molecule has 28 heavy (non-hydrogen) atoms. The van der Waals surface area contributed by atoms with Crippen LogP contribution in [0.15, 0.2) is 4.99 Å². The van der Waals surface area contributed by atoms with Crippen LogP contribution in [0.2, 0.25) is 0 Å². The largest absolute Gasteiger partial charge is 0.508 e. The molecule has 0 aromatic carbocycles. The Hall–Kier alpha value is -2.77. The summed E-state index contributed by atoms with van der Waals surface area (Å²) in [5, 5.41) is 10.5. The molecule has 3 rings (SSSR count). The minimum atomic E-state index is -1.48. The number of carbonyl (C=O) groups is 1. The first kappa shape index (κ1) is 20.0. The van der Waals surface area contributed by atoms with Crippen LogP contribution in [0.5, 0.6) is 0 Å². The van der Waals surface area contributed by atoms with E-state index in [1.807, 2.05) is 0 Å². The van der Waals surface area contributed by atoms with E-state index in [0.29, 0.717) is 24.2 Å². The predicted octanol–water partition coefficient (Wildman–Crippen LogP) is 1.16. The maximum atomic E-state index is 13.4. The van der Waals surface area contributed by atoms with E-state index in [0.717, 1.165) is 0 Å². The van der Waals surface area contributed by atoms with Crippen LogP contribution < -0.4 is 5.73 Å². The van der Waals surface area contributed by atoms with Crippen LogP contribution in [0.25, 0.3) is 0 Å². The van der Waals surface area contributed by atoms with Crippen LogP contribution in [0.4, 0.5) is 20.7 Å². The molecular formula is C18H21FN4O5. The normalized spacial score (nSPS) is 28.9. The highest BCUT2D eigenvalue weighted by Crippen LogP contribution is 2.37. The molecule has 0 saturated carbocycles. The summed E-state index contributed by atoms with van der Waals surface area (Å²) >= 11 is 0. The van der Waals surface area contributed by atoms with E-state index in [2.05, 4.69) is 20.9 Å². The van der Waals surface area contributed by atoms with Crippen LogP contribution in [0, 0.1) is 24.3 Å². The number of ether oxygens (including phenoxy) is 3. The van der Waals surface area contributed by atoms with Crippen molar-refractivity contribution >= 4 is 23.9 Å². The van der Waals surface area contributed by atoms with E-state index in [-0.39, 0.29) is 31.4 Å². The van der Waals surface area contributed by atoms with Crippen molar-refractivity contribution in [2.24, 2.45) is 10.9 Å². The molecule has 1 aromatic rings. The number of rotatable bonds is 4. The summed E-state index contributed by atoms with van der Waals surface area (Å²) in [6, 6.07) is 0. The Kier molecular flexibility index (Phi) is 5.76. The molecule has 10 heteroatoms. The molecule has 1 unspecified atom stereocenters. The van der Waals surface area contributed by atoms with E-state index in [9.17, 15) is 14.3 Å². The van der Waals surface area contributed by atoms with Crippen LogP contribution >= 0.6 is 0 Å². The number of aliphatic hydroxyl groups excluding tert-OH is 1. The molecule has 4 atom stereocenters. The highest BCUT2D eigenvalue weighted by atomic mass is 19.1. The average molecular weight is 392 g/mol. The third-order valence-electron chi connectivity index (χ3n) is 4.81. The van der Waals surface area contributed by atoms with Gasteiger partial charge in [0.15, 0.2) is 11.4 Å². The van der Waals surface area contributed by atoms with Crippen molar-refractivity contribution in [1.82, 2.24) is 9.97 Å². The summed E-state index contributed by atoms with van der Waals surface area (Å²) in [6.45, 7) is 1.45. The molecule has 0 spiro atoms. The SMILES string of the molecule is C#C[C@]1(COC(=O)OCC)O[C@@H](C2C=Nc3c(N)nc(F)nc3CC2)C[C@@H]1O. The van der Waals surface area contributed by atoms with E-state index >= 15 is 0 Å². The smallest absolute Gasteiger partial charge is 0.435 e. The topological polar surface area (TPSA) is 129 Å². The lowest BCUT2D eigenvalue weighted by Gasteiger charge is -2.27. The second kappa shape index (κ2) is 8.08. The number of aliphatic imine (C=N–C) groups is 1. The number of nitrogens with two attached hydrogens (primary N) is 1. The molecule has 1 saturated heterocycles. The lowest BCUT2D eigenvalue weighted by molar-refractivity contribution is -0.0879. The van der Waals surface area contributed by atoms with Gasteiger partial charge in [-0.2, -0.15) is 9.37 Å². The number of carbonyl (C=O) groups excluding carboxylic acids is 1. The Bertz CT molecular complexity index is 827. The number of halogens is 1. The van der Waals surface area contributed by atoms with Crippen molar-refractivity contribution in [2.75, 3.05) is 18.9 Å². The summed E-state index contributed by atoms with van der Waals surface area (Å²) in [7, 11) is 0. The molecule has 1 aromatic heterocycles. The fraction of sp³-hybridized carbons (Fsp3) is 0.556. The van der Waals surface area contributed by atoms with E-state index in [4.69, 9.17) is 26.4 Å². The molecule has 0 radical (unpaired) electrons. The molecule has 2 aliphatic heterocycles. The zero-order valence-electron chi connectivity index (χ0n) is 15.3. The van der Waals surface area contributed by atoms with Crippen LogP contribution in [0.1, 0.15) is 25.5 Å². The van der Waals surface area contributed by atoms with Gasteiger partial charge in [-0.1, -0.05) is 5.92 Å². The summed E-state index contributed by atoms with van der Waals surface area (Å²) in [6.07, 6.45) is 5.04. The van der Waals surface area contributed by atoms with Gasteiger partial charge in [-0.25, -0.2) is 9.78 Å². The van der Waals surface area contributed by atoms with Crippen LogP contribution in [-0.2, 0) is 20.6 Å². The number of nitrogen functional groups attached to an aromatic ring is 1. The highest BCUT2D eigenvalue weighted by Gasteiger charge is 2.50. The Morgan fingerprint density at radius 3 is 3.04 bits per heavy atom. The van der Waals surface area contributed by atoms with Gasteiger partial charge < -0.3 is 25.1 Å². The van der Waals surface area contributed by atoms with Crippen LogP contribution in [0.3, 0.4) is 0 Å². The second-order valence-corrected chi connectivity index (χ2v) is 6.57. The quantitative estimate of drug-likeness (QED) is 0.444. The lowest BCUT2D eigenvalue weighted by atomic mass is 9.92. The molecule has 0 aliphatic carbocycles. The third kappa shape index (κ3) is 3.90. The van der Waals surface area contributed by atoms with E-state index < -0.39 is 30.0 Å². The minimum absolute atomic E-state index is 0.0346. The Morgan fingerprint density at radius 2 is 2.32 bits per heavy atom. The number of aromatic nitrogens is 2. The highest BCUT2D eigenvalue weighted by molar-refractivity contribution is 5.73. The maximum Gasteiger partial charge on any atom is 0.508 e. The molecule has 150 valence electrons. The zero-order chi connectivity index (χ0) is 20.3. The first-order valence-corrected chi connectivity index (χ1v) is 8.87. The molecular weight excluding hydrogens is 371 g/mol. The summed E-state index contributed by atoms with van der Waals surface area (Å²) in [5.74, 6) is 2.13. The predicted molar refractivity (Wildman–Crippen MR) is 96.4 cm³/mol. The van der Waals surface area contributed by atoms with Crippen molar-refractivity contribution < 1.29 is 28.5 Å². The summed E-state index contributed by atoms with van der Waals surface area (Å²) in [5.41, 5.74) is 4.99. The molecule has 9 nitrogen and oxygen atoms in total. The van der Waals surface area contributed by atoms with Crippen molar-refractivity contribution in [1.29, 1.82) is 0 Å². The average Bonchev–Trinajstić information content (AvgIpc) is 2.83. The zero-order valence-corrected chi connectivity index (χ0v) is 15.3. The number of anilines is 1. The number of aryl methyl sites for hydroxylation is 1. The first-order chi connectivity index (χ1) is 13.4. The Balaban J connectivity index is 1.72. The van der Waals surface area contributed by atoms with Gasteiger partial charge in [0, 0.05) is 18.6 Å². The number of nitrogens with zero attached hydrogens (tertiary/aromatic N) is 3. The van der Waals surface area contributed by atoms with Crippen LogP contribution in [-0.4, -0.2) is 58.5 Å². The van der Waals surface area contributed by atoms with Crippen molar-refractivity contribution in [3.63, 3.8) is 0 Å². The second-order valence-electron chi connectivity index (χ2n) is 6.57. The number of hydrogen-bond acceptors (Lipinski definition) is 9. The van der Waals surface area contributed by atoms with E-state index in [1.54, 1.807) is 13.1 Å². The molecule has 0 bridgehead atoms. The minimum Gasteiger partial charge on any atom is -0.435 e. The van der Waals surface area contributed by atoms with Crippen molar-refractivity contribution in [2.45, 2.75) is 44.0 Å². The van der Waals surface area contributed by atoms with Gasteiger partial charge >= 0.3 is 12.2 Å². The monoisotopic (exact) mass is 392 g/mol. The molecule has 3 N–H and O–H groups in total. The van der Waals surface area contributed by atoms with Gasteiger partial charge in [0.05, 0.1) is 18.4 Å². The van der Waals surface area contributed by atoms with Crippen molar-refractivity contribution in [3.8, 4) is 12.3 Å². The molecule has 3 heterocycles. The van der Waals surface area contributed by atoms with Gasteiger partial charge in [0.2, 0.25) is 0 Å². The number of fused-ring (bicyclic) bond motifs is 1. The van der Waals surface area contributed by atoms with E-state index in [1.165, 1.54) is 0 Å².